The van der Waals surface area contributed by atoms with Crippen LogP contribution in [0.4, 0.5) is 0 Å². The molecule has 0 aromatic rings. The fraction of sp³-hybridized carbons (Fsp3) is 0.849. The van der Waals surface area contributed by atoms with Crippen LogP contribution in [-0.2, 0) is 14.3 Å². The Morgan fingerprint density at radius 2 is 0.881 bits per heavy atom. The van der Waals surface area contributed by atoms with Gasteiger partial charge in [0.25, 0.3) is 0 Å². The zero-order valence-electron chi connectivity index (χ0n) is 39.4. The minimum atomic E-state index is -0.794. The largest absolute Gasteiger partial charge is 0.462 e. The number of allylic oxidation sites excluding steroid dienone is 6. The fourth-order valence-corrected chi connectivity index (χ4v) is 7.76. The topological polar surface area (TPSA) is 95.9 Å². The molecule has 0 radical (unpaired) electrons. The molecule has 59 heavy (non-hydrogen) atoms. The Bertz CT molecular complexity index is 977. The zero-order chi connectivity index (χ0) is 43.1. The van der Waals surface area contributed by atoms with E-state index in [9.17, 15) is 19.8 Å². The summed E-state index contributed by atoms with van der Waals surface area (Å²) in [5.74, 6) is -0.504. The summed E-state index contributed by atoms with van der Waals surface area (Å²) in [7, 11) is 0. The van der Waals surface area contributed by atoms with Crippen LogP contribution in [0.15, 0.2) is 36.5 Å². The summed E-state index contributed by atoms with van der Waals surface area (Å²) in [6, 6.07) is -0.709. The normalized spacial score (nSPS) is 13.5. The first-order valence-electron chi connectivity index (χ1n) is 25.7. The van der Waals surface area contributed by atoms with Gasteiger partial charge in [-0.15, -0.1) is 0 Å². The molecule has 0 aromatic carbocycles. The van der Waals surface area contributed by atoms with Gasteiger partial charge in [-0.3, -0.25) is 9.59 Å². The lowest BCUT2D eigenvalue weighted by Crippen LogP contribution is -2.46. The smallest absolute Gasteiger partial charge is 0.306 e. The highest BCUT2D eigenvalue weighted by Gasteiger charge is 2.24. The van der Waals surface area contributed by atoms with Gasteiger partial charge in [-0.25, -0.2) is 0 Å². The minimum Gasteiger partial charge on any atom is -0.462 e. The number of unbranched alkanes of at least 4 members (excludes halogenated alkanes) is 29. The zero-order valence-corrected chi connectivity index (χ0v) is 39.4. The summed E-state index contributed by atoms with van der Waals surface area (Å²) in [4.78, 5) is 26.1. The lowest BCUT2D eigenvalue weighted by atomic mass is 10.0. The number of aliphatic hydroxyl groups excluding tert-OH is 2. The third-order valence-electron chi connectivity index (χ3n) is 11.7. The standard InChI is InChI=1S/C53H99NO5/c1-4-7-10-13-16-19-22-24-25-26-28-30-32-35-38-41-44-49(59-53(58)46-43-40-37-34-29-21-18-15-12-9-6-3)47-52(57)54-50(48-55)51(56)45-42-39-36-33-31-27-23-20-17-14-11-8-5-2/h15,18,25-26,28,30,49-51,55-56H,4-14,16-17,19-24,27,29,31-48H2,1-3H3,(H,54,57)/b18-15-,26-25+,30-28+. The van der Waals surface area contributed by atoms with E-state index < -0.39 is 18.2 Å². The van der Waals surface area contributed by atoms with Crippen LogP contribution in [0.2, 0.25) is 0 Å². The summed E-state index contributed by atoms with van der Waals surface area (Å²) in [5, 5.41) is 23.7. The molecule has 0 spiro atoms. The first-order valence-corrected chi connectivity index (χ1v) is 25.7. The van der Waals surface area contributed by atoms with Gasteiger partial charge in [0, 0.05) is 6.42 Å². The van der Waals surface area contributed by atoms with Crippen molar-refractivity contribution < 1.29 is 24.5 Å². The second-order valence-electron chi connectivity index (χ2n) is 17.6. The number of ether oxygens (including phenoxy) is 1. The van der Waals surface area contributed by atoms with Gasteiger partial charge in [0.05, 0.1) is 25.2 Å². The van der Waals surface area contributed by atoms with E-state index in [1.165, 1.54) is 141 Å². The highest BCUT2D eigenvalue weighted by molar-refractivity contribution is 5.77. The Morgan fingerprint density at radius 3 is 1.37 bits per heavy atom. The molecule has 6 heteroatoms. The molecule has 0 heterocycles. The van der Waals surface area contributed by atoms with Crippen molar-refractivity contribution in [2.24, 2.45) is 0 Å². The van der Waals surface area contributed by atoms with E-state index in [2.05, 4.69) is 62.5 Å². The van der Waals surface area contributed by atoms with Gasteiger partial charge in [0.2, 0.25) is 5.91 Å². The summed E-state index contributed by atoms with van der Waals surface area (Å²) in [6.45, 7) is 6.44. The molecule has 0 saturated heterocycles. The van der Waals surface area contributed by atoms with Crippen LogP contribution in [-0.4, -0.2) is 46.9 Å². The molecule has 0 aliphatic rings. The summed E-state index contributed by atoms with van der Waals surface area (Å²) in [5.41, 5.74) is 0. The maximum Gasteiger partial charge on any atom is 0.306 e. The maximum atomic E-state index is 13.2. The van der Waals surface area contributed by atoms with Crippen molar-refractivity contribution >= 4 is 11.9 Å². The average Bonchev–Trinajstić information content (AvgIpc) is 3.23. The number of carbonyl (C=O) groups is 2. The lowest BCUT2D eigenvalue weighted by molar-refractivity contribution is -0.151. The molecule has 3 unspecified atom stereocenters. The number of rotatable bonds is 46. The van der Waals surface area contributed by atoms with Crippen molar-refractivity contribution in [2.75, 3.05) is 6.61 Å². The molecule has 0 saturated carbocycles. The number of hydrogen-bond acceptors (Lipinski definition) is 5. The van der Waals surface area contributed by atoms with Gasteiger partial charge in [0.15, 0.2) is 0 Å². The number of amides is 1. The SMILES string of the molecule is CCCC/C=C\CCCCCCCC(=O)OC(CCCCC/C=C/C=C/CCCCCCCCC)CC(=O)NC(CO)C(O)CCCCCCCCCCCCCCC. The summed E-state index contributed by atoms with van der Waals surface area (Å²) < 4.78 is 5.91. The fourth-order valence-electron chi connectivity index (χ4n) is 7.76. The number of hydrogen-bond donors (Lipinski definition) is 3. The van der Waals surface area contributed by atoms with E-state index in [1.807, 2.05) is 0 Å². The Morgan fingerprint density at radius 1 is 0.492 bits per heavy atom. The molecule has 6 nitrogen and oxygen atoms in total. The molecule has 0 aromatic heterocycles. The van der Waals surface area contributed by atoms with Crippen LogP contribution < -0.4 is 5.32 Å². The lowest BCUT2D eigenvalue weighted by Gasteiger charge is -2.24. The van der Waals surface area contributed by atoms with Gasteiger partial charge in [-0.05, 0) is 70.6 Å². The molecule has 3 atom stereocenters. The van der Waals surface area contributed by atoms with Crippen LogP contribution in [0.3, 0.4) is 0 Å². The van der Waals surface area contributed by atoms with E-state index in [4.69, 9.17) is 4.74 Å². The Balaban J connectivity index is 4.62. The number of esters is 1. The van der Waals surface area contributed by atoms with Gasteiger partial charge < -0.3 is 20.3 Å². The average molecular weight is 830 g/mol. The first-order chi connectivity index (χ1) is 29.0. The molecule has 0 rings (SSSR count). The Labute approximate surface area is 366 Å². The second-order valence-corrected chi connectivity index (χ2v) is 17.6. The summed E-state index contributed by atoms with van der Waals surface area (Å²) in [6.07, 6.45) is 54.9. The van der Waals surface area contributed by atoms with Crippen molar-refractivity contribution in [3.63, 3.8) is 0 Å². The monoisotopic (exact) mass is 830 g/mol. The molecule has 346 valence electrons. The maximum absolute atomic E-state index is 13.2. The molecular formula is C53H99NO5. The first kappa shape index (κ1) is 57.1. The van der Waals surface area contributed by atoms with E-state index >= 15 is 0 Å². The Hall–Kier alpha value is -1.92. The third kappa shape index (κ3) is 42.6. The molecule has 3 N–H and O–H groups in total. The predicted molar refractivity (Wildman–Crippen MR) is 255 cm³/mol. The quantitative estimate of drug-likeness (QED) is 0.0246. The third-order valence-corrected chi connectivity index (χ3v) is 11.7. The van der Waals surface area contributed by atoms with Crippen LogP contribution in [0, 0.1) is 0 Å². The number of aliphatic hydroxyl groups is 2. The molecular weight excluding hydrogens is 731 g/mol. The van der Waals surface area contributed by atoms with Crippen molar-refractivity contribution in [1.82, 2.24) is 5.32 Å². The van der Waals surface area contributed by atoms with Crippen molar-refractivity contribution in [3.8, 4) is 0 Å². The van der Waals surface area contributed by atoms with Crippen molar-refractivity contribution in [1.29, 1.82) is 0 Å². The second kappa shape index (κ2) is 47.1. The van der Waals surface area contributed by atoms with E-state index in [1.54, 1.807) is 0 Å². The van der Waals surface area contributed by atoms with Gasteiger partial charge in [-0.1, -0.05) is 218 Å². The van der Waals surface area contributed by atoms with Crippen LogP contribution in [0.1, 0.15) is 265 Å². The minimum absolute atomic E-state index is 0.0584. The molecule has 0 aliphatic heterocycles. The number of nitrogens with one attached hydrogen (secondary N) is 1. The van der Waals surface area contributed by atoms with E-state index in [0.29, 0.717) is 19.3 Å². The predicted octanol–water partition coefficient (Wildman–Crippen LogP) is 15.3. The molecule has 0 fully saturated rings. The Kier molecular flexibility index (Phi) is 45.6. The van der Waals surface area contributed by atoms with Crippen molar-refractivity contribution in [3.05, 3.63) is 36.5 Å². The van der Waals surface area contributed by atoms with Gasteiger partial charge in [-0.2, -0.15) is 0 Å². The van der Waals surface area contributed by atoms with Crippen LogP contribution in [0.5, 0.6) is 0 Å². The molecule has 1 amide bonds. The van der Waals surface area contributed by atoms with Crippen molar-refractivity contribution in [2.45, 2.75) is 283 Å². The van der Waals surface area contributed by atoms with Crippen LogP contribution in [0.25, 0.3) is 0 Å². The van der Waals surface area contributed by atoms with Gasteiger partial charge >= 0.3 is 5.97 Å². The van der Waals surface area contributed by atoms with Gasteiger partial charge in [0.1, 0.15) is 6.10 Å². The number of carbonyl (C=O) groups excluding carboxylic acids is 2. The molecule has 0 bridgehead atoms. The summed E-state index contributed by atoms with van der Waals surface area (Å²) >= 11 is 0. The highest BCUT2D eigenvalue weighted by Crippen LogP contribution is 2.17. The highest BCUT2D eigenvalue weighted by atomic mass is 16.5. The molecule has 0 aliphatic carbocycles. The van der Waals surface area contributed by atoms with E-state index in [-0.39, 0.29) is 24.9 Å². The van der Waals surface area contributed by atoms with E-state index in [0.717, 1.165) is 77.0 Å². The van der Waals surface area contributed by atoms with Crippen LogP contribution >= 0.6 is 0 Å².